The molecule has 4 heteroatoms. The van der Waals surface area contributed by atoms with E-state index in [4.69, 9.17) is 5.11 Å². The van der Waals surface area contributed by atoms with Crippen molar-refractivity contribution < 1.29 is 9.90 Å². The van der Waals surface area contributed by atoms with Gasteiger partial charge in [0.05, 0.1) is 11.9 Å². The van der Waals surface area contributed by atoms with Crippen LogP contribution in [0.4, 0.5) is 5.69 Å². The van der Waals surface area contributed by atoms with E-state index in [0.29, 0.717) is 6.54 Å². The van der Waals surface area contributed by atoms with Gasteiger partial charge in [0.25, 0.3) is 0 Å². The van der Waals surface area contributed by atoms with Crippen molar-refractivity contribution in [3.63, 3.8) is 0 Å². The maximum Gasteiger partial charge on any atom is 0.354 e. The summed E-state index contributed by atoms with van der Waals surface area (Å²) in [4.78, 5) is 14.5. The molecule has 0 amide bonds. The van der Waals surface area contributed by atoms with Crippen molar-refractivity contribution in [1.29, 1.82) is 0 Å². The number of pyridine rings is 1. The highest BCUT2D eigenvalue weighted by molar-refractivity contribution is 5.85. The summed E-state index contributed by atoms with van der Waals surface area (Å²) in [5.74, 6) is -1.01. The summed E-state index contributed by atoms with van der Waals surface area (Å²) < 4.78 is 0. The first-order chi connectivity index (χ1) is 9.19. The molecule has 98 valence electrons. The van der Waals surface area contributed by atoms with E-state index < -0.39 is 5.97 Å². The van der Waals surface area contributed by atoms with Gasteiger partial charge in [-0.1, -0.05) is 31.2 Å². The third-order valence-electron chi connectivity index (χ3n) is 2.91. The first kappa shape index (κ1) is 13.1. The van der Waals surface area contributed by atoms with Crippen molar-refractivity contribution >= 4 is 11.7 Å². The van der Waals surface area contributed by atoms with Crippen molar-refractivity contribution in [2.24, 2.45) is 0 Å². The van der Waals surface area contributed by atoms with Crippen LogP contribution in [0.25, 0.3) is 0 Å². The highest BCUT2D eigenvalue weighted by atomic mass is 16.4. The lowest BCUT2D eigenvalue weighted by molar-refractivity contribution is 0.0690. The number of aryl methyl sites for hydroxylation is 1. The largest absolute Gasteiger partial charge is 0.477 e. The Morgan fingerprint density at radius 3 is 2.37 bits per heavy atom. The molecule has 2 N–H and O–H groups in total. The molecule has 0 saturated carbocycles. The van der Waals surface area contributed by atoms with Crippen LogP contribution < -0.4 is 5.32 Å². The van der Waals surface area contributed by atoms with E-state index in [1.807, 2.05) is 0 Å². The standard InChI is InChI=1S/C15H16N2O2/c1-2-11-3-5-12(6-4-11)9-16-13-7-8-14(15(18)19)17-10-13/h3-8,10,16H,2,9H2,1H3,(H,18,19). The van der Waals surface area contributed by atoms with Gasteiger partial charge in [-0.15, -0.1) is 0 Å². The first-order valence-corrected chi connectivity index (χ1v) is 6.20. The number of nitrogens with one attached hydrogen (secondary N) is 1. The van der Waals surface area contributed by atoms with E-state index >= 15 is 0 Å². The summed E-state index contributed by atoms with van der Waals surface area (Å²) in [5.41, 5.74) is 3.36. The van der Waals surface area contributed by atoms with Crippen LogP contribution in [-0.4, -0.2) is 16.1 Å². The lowest BCUT2D eigenvalue weighted by Crippen LogP contribution is -2.03. The number of nitrogens with zero attached hydrogens (tertiary/aromatic N) is 1. The van der Waals surface area contributed by atoms with Gasteiger partial charge in [-0.25, -0.2) is 9.78 Å². The number of carboxylic acids is 1. The minimum atomic E-state index is -1.01. The minimum Gasteiger partial charge on any atom is -0.477 e. The highest BCUT2D eigenvalue weighted by Gasteiger charge is 2.03. The van der Waals surface area contributed by atoms with E-state index in [1.54, 1.807) is 6.07 Å². The summed E-state index contributed by atoms with van der Waals surface area (Å²) in [7, 11) is 0. The van der Waals surface area contributed by atoms with Gasteiger partial charge in [0, 0.05) is 6.54 Å². The Labute approximate surface area is 112 Å². The maximum atomic E-state index is 10.7. The number of hydrogen-bond acceptors (Lipinski definition) is 3. The fraction of sp³-hybridized carbons (Fsp3) is 0.200. The Balaban J connectivity index is 1.95. The molecule has 0 aliphatic rings. The number of carbonyl (C=O) groups is 1. The number of rotatable bonds is 5. The molecule has 1 aromatic heterocycles. The Morgan fingerprint density at radius 1 is 1.16 bits per heavy atom. The molecule has 0 unspecified atom stereocenters. The average Bonchev–Trinajstić information content (AvgIpc) is 2.46. The molecule has 0 aliphatic heterocycles. The lowest BCUT2D eigenvalue weighted by atomic mass is 10.1. The molecule has 0 spiro atoms. The molecule has 4 nitrogen and oxygen atoms in total. The van der Waals surface area contributed by atoms with Crippen molar-refractivity contribution in [1.82, 2.24) is 4.98 Å². The molecular weight excluding hydrogens is 240 g/mol. The second-order valence-electron chi connectivity index (χ2n) is 4.26. The molecule has 1 aromatic carbocycles. The number of anilines is 1. The fourth-order valence-corrected chi connectivity index (χ4v) is 1.72. The van der Waals surface area contributed by atoms with Gasteiger partial charge in [0.2, 0.25) is 0 Å². The molecule has 0 bridgehead atoms. The number of benzene rings is 1. The van der Waals surface area contributed by atoms with Crippen LogP contribution in [0.2, 0.25) is 0 Å². The van der Waals surface area contributed by atoms with Gasteiger partial charge in [-0.3, -0.25) is 0 Å². The van der Waals surface area contributed by atoms with Gasteiger partial charge in [0.1, 0.15) is 5.69 Å². The van der Waals surface area contributed by atoms with Gasteiger partial charge < -0.3 is 10.4 Å². The summed E-state index contributed by atoms with van der Waals surface area (Å²) in [6.07, 6.45) is 2.57. The van der Waals surface area contributed by atoms with Crippen molar-refractivity contribution in [3.05, 3.63) is 59.4 Å². The zero-order valence-corrected chi connectivity index (χ0v) is 10.8. The van der Waals surface area contributed by atoms with Crippen molar-refractivity contribution in [2.45, 2.75) is 19.9 Å². The van der Waals surface area contributed by atoms with Gasteiger partial charge in [0.15, 0.2) is 0 Å². The Bertz CT molecular complexity index is 547. The maximum absolute atomic E-state index is 10.7. The molecule has 2 rings (SSSR count). The number of hydrogen-bond donors (Lipinski definition) is 2. The van der Waals surface area contributed by atoms with Crippen LogP contribution in [-0.2, 0) is 13.0 Å². The van der Waals surface area contributed by atoms with Crippen LogP contribution in [0, 0.1) is 0 Å². The Kier molecular flexibility index (Phi) is 4.13. The van der Waals surface area contributed by atoms with Crippen molar-refractivity contribution in [2.75, 3.05) is 5.32 Å². The van der Waals surface area contributed by atoms with E-state index in [0.717, 1.165) is 12.1 Å². The molecule has 0 aliphatic carbocycles. The lowest BCUT2D eigenvalue weighted by Gasteiger charge is -2.07. The SMILES string of the molecule is CCc1ccc(CNc2ccc(C(=O)O)nc2)cc1. The summed E-state index contributed by atoms with van der Waals surface area (Å²) >= 11 is 0. The quantitative estimate of drug-likeness (QED) is 0.863. The first-order valence-electron chi connectivity index (χ1n) is 6.20. The van der Waals surface area contributed by atoms with Gasteiger partial charge in [-0.2, -0.15) is 0 Å². The second-order valence-corrected chi connectivity index (χ2v) is 4.26. The normalized spacial score (nSPS) is 10.2. The zero-order valence-electron chi connectivity index (χ0n) is 10.8. The van der Waals surface area contributed by atoms with Crippen LogP contribution in [0.15, 0.2) is 42.6 Å². The van der Waals surface area contributed by atoms with Crippen LogP contribution in [0.3, 0.4) is 0 Å². The number of aromatic carboxylic acids is 1. The molecule has 0 atom stereocenters. The molecule has 1 heterocycles. The summed E-state index contributed by atoms with van der Waals surface area (Å²) in [5, 5.41) is 12.0. The molecule has 2 aromatic rings. The Hall–Kier alpha value is -2.36. The fourth-order valence-electron chi connectivity index (χ4n) is 1.72. The van der Waals surface area contributed by atoms with E-state index in [9.17, 15) is 4.79 Å². The smallest absolute Gasteiger partial charge is 0.354 e. The summed E-state index contributed by atoms with van der Waals surface area (Å²) in [6, 6.07) is 11.6. The molecular formula is C15H16N2O2. The minimum absolute atomic E-state index is 0.0536. The van der Waals surface area contributed by atoms with Crippen LogP contribution in [0.1, 0.15) is 28.5 Å². The predicted molar refractivity (Wildman–Crippen MR) is 74.3 cm³/mol. The number of aromatic nitrogens is 1. The van der Waals surface area contributed by atoms with E-state index in [1.165, 1.54) is 23.4 Å². The topological polar surface area (TPSA) is 62.2 Å². The molecule has 19 heavy (non-hydrogen) atoms. The highest BCUT2D eigenvalue weighted by Crippen LogP contribution is 2.10. The third kappa shape index (κ3) is 3.55. The molecule has 0 fully saturated rings. The molecule has 0 radical (unpaired) electrons. The van der Waals surface area contributed by atoms with Crippen LogP contribution in [0.5, 0.6) is 0 Å². The van der Waals surface area contributed by atoms with Crippen LogP contribution >= 0.6 is 0 Å². The van der Waals surface area contributed by atoms with E-state index in [-0.39, 0.29) is 5.69 Å². The second kappa shape index (κ2) is 6.00. The summed E-state index contributed by atoms with van der Waals surface area (Å²) in [6.45, 7) is 2.82. The van der Waals surface area contributed by atoms with E-state index in [2.05, 4.69) is 41.5 Å². The monoisotopic (exact) mass is 256 g/mol. The number of carboxylic acid groups (broad SMARTS) is 1. The zero-order chi connectivity index (χ0) is 13.7. The molecule has 0 saturated heterocycles. The van der Waals surface area contributed by atoms with Gasteiger partial charge in [-0.05, 0) is 29.7 Å². The van der Waals surface area contributed by atoms with Crippen molar-refractivity contribution in [3.8, 4) is 0 Å². The average molecular weight is 256 g/mol. The predicted octanol–water partition coefficient (Wildman–Crippen LogP) is 2.95. The third-order valence-corrected chi connectivity index (χ3v) is 2.91. The Morgan fingerprint density at radius 2 is 1.84 bits per heavy atom. The van der Waals surface area contributed by atoms with Gasteiger partial charge >= 0.3 is 5.97 Å².